The number of nitriles is 1. The van der Waals surface area contributed by atoms with Gasteiger partial charge in [-0.1, -0.05) is 0 Å². The largest absolute Gasteiger partial charge is 0.349 e. The van der Waals surface area contributed by atoms with Crippen LogP contribution in [0.3, 0.4) is 0 Å². The van der Waals surface area contributed by atoms with Crippen molar-refractivity contribution in [3.8, 4) is 17.3 Å². The first-order chi connectivity index (χ1) is 11.5. The number of aryl methyl sites for hydroxylation is 1. The third-order valence-electron chi connectivity index (χ3n) is 3.60. The van der Waals surface area contributed by atoms with Crippen molar-refractivity contribution in [1.82, 2.24) is 14.5 Å². The number of nitrogens with zero attached hydrogens (tertiary/aromatic N) is 4. The molecule has 3 heterocycles. The van der Waals surface area contributed by atoms with Crippen LogP contribution in [0, 0.1) is 11.3 Å². The number of carbonyl (C=O) groups excluding carboxylic acids is 1. The lowest BCUT2D eigenvalue weighted by Gasteiger charge is -2.05. The Kier molecular flexibility index (Phi) is 4.23. The lowest BCUT2D eigenvalue weighted by Crippen LogP contribution is -2.07. The smallest absolute Gasteiger partial charge is 0.222 e. The van der Waals surface area contributed by atoms with E-state index in [2.05, 4.69) is 21.4 Å². The Hall–Kier alpha value is -2.85. The second-order valence-corrected chi connectivity index (χ2v) is 6.14. The van der Waals surface area contributed by atoms with Crippen LogP contribution in [0.1, 0.15) is 12.5 Å². The van der Waals surface area contributed by atoms with Crippen molar-refractivity contribution in [3.63, 3.8) is 0 Å². The lowest BCUT2D eigenvalue weighted by molar-refractivity contribution is -0.114. The van der Waals surface area contributed by atoms with Gasteiger partial charge < -0.3 is 9.88 Å². The van der Waals surface area contributed by atoms with Gasteiger partial charge in [-0.25, -0.2) is 9.97 Å². The summed E-state index contributed by atoms with van der Waals surface area (Å²) in [5.41, 5.74) is 3.12. The van der Waals surface area contributed by atoms with E-state index in [4.69, 9.17) is 0 Å². The van der Waals surface area contributed by atoms with Crippen molar-refractivity contribution in [2.75, 3.05) is 11.6 Å². The van der Waals surface area contributed by atoms with Crippen LogP contribution in [0.2, 0.25) is 0 Å². The molecule has 0 aliphatic heterocycles. The number of aromatic nitrogens is 3. The minimum Gasteiger partial charge on any atom is -0.349 e. The fourth-order valence-electron chi connectivity index (χ4n) is 2.54. The molecule has 0 aliphatic rings. The molecule has 0 aromatic carbocycles. The molecule has 3 aromatic rings. The molecule has 0 aliphatic carbocycles. The highest BCUT2D eigenvalue weighted by molar-refractivity contribution is 7.98. The van der Waals surface area contributed by atoms with Crippen molar-refractivity contribution in [1.29, 1.82) is 5.26 Å². The fourth-order valence-corrected chi connectivity index (χ4v) is 2.98. The number of hydrogen-bond acceptors (Lipinski definition) is 5. The molecule has 0 atom stereocenters. The van der Waals surface area contributed by atoms with E-state index in [1.807, 2.05) is 30.1 Å². The molecule has 0 bridgehead atoms. The molecule has 1 amide bonds. The second kappa shape index (κ2) is 6.34. The van der Waals surface area contributed by atoms with Gasteiger partial charge in [0.25, 0.3) is 0 Å². The molecular weight excluding hydrogens is 322 g/mol. The van der Waals surface area contributed by atoms with Crippen molar-refractivity contribution >= 4 is 34.4 Å². The summed E-state index contributed by atoms with van der Waals surface area (Å²) in [5.74, 6) is 0.317. The Morgan fingerprint density at radius 3 is 2.83 bits per heavy atom. The maximum Gasteiger partial charge on any atom is 0.222 e. The summed E-state index contributed by atoms with van der Waals surface area (Å²) >= 11 is 1.49. The van der Waals surface area contributed by atoms with Crippen LogP contribution in [0.5, 0.6) is 0 Å². The molecule has 0 saturated carbocycles. The minimum atomic E-state index is -0.173. The quantitative estimate of drug-likeness (QED) is 0.742. The molecule has 1 N–H and O–H groups in total. The summed E-state index contributed by atoms with van der Waals surface area (Å²) in [6, 6.07) is 7.54. The molecule has 0 unspecified atom stereocenters. The zero-order chi connectivity index (χ0) is 17.3. The van der Waals surface area contributed by atoms with Crippen LogP contribution >= 0.6 is 11.8 Å². The number of fused-ring (bicyclic) bond motifs is 1. The number of carbonyl (C=O) groups is 1. The summed E-state index contributed by atoms with van der Waals surface area (Å²) in [6.45, 7) is 1.44. The fraction of sp³-hybridized carbons (Fsp3) is 0.176. The Morgan fingerprint density at radius 2 is 2.17 bits per heavy atom. The SMILES string of the molecule is CSc1cc(C#N)cc(-c2cn(C)c3cnc(NC(C)=O)cc23)n1. The van der Waals surface area contributed by atoms with Crippen LogP contribution in [0.15, 0.2) is 35.6 Å². The molecule has 0 fully saturated rings. The van der Waals surface area contributed by atoms with E-state index in [1.54, 1.807) is 18.3 Å². The van der Waals surface area contributed by atoms with E-state index < -0.39 is 0 Å². The number of pyridine rings is 2. The number of nitrogens with one attached hydrogen (secondary N) is 1. The van der Waals surface area contributed by atoms with E-state index in [0.29, 0.717) is 11.4 Å². The summed E-state index contributed by atoms with van der Waals surface area (Å²) in [5, 5.41) is 13.6. The molecule has 3 rings (SSSR count). The van der Waals surface area contributed by atoms with Crippen LogP contribution in [0.4, 0.5) is 5.82 Å². The molecule has 7 heteroatoms. The zero-order valence-electron chi connectivity index (χ0n) is 13.5. The Labute approximate surface area is 143 Å². The number of anilines is 1. The molecule has 6 nitrogen and oxygen atoms in total. The first-order valence-electron chi connectivity index (χ1n) is 7.21. The zero-order valence-corrected chi connectivity index (χ0v) is 14.3. The van der Waals surface area contributed by atoms with Crippen molar-refractivity contribution in [2.24, 2.45) is 7.05 Å². The molecule has 0 spiro atoms. The van der Waals surface area contributed by atoms with Crippen molar-refractivity contribution in [3.05, 3.63) is 36.2 Å². The van der Waals surface area contributed by atoms with E-state index in [-0.39, 0.29) is 5.91 Å². The standard InChI is InChI=1S/C17H15N5OS/c1-10(23)20-16-6-12-13(9-22(2)15(12)8-19-16)14-4-11(7-18)5-17(21-14)24-3/h4-6,8-9H,1-3H3,(H,19,20,23). The summed E-state index contributed by atoms with van der Waals surface area (Å²) in [6.07, 6.45) is 5.60. The highest BCUT2D eigenvalue weighted by atomic mass is 32.2. The highest BCUT2D eigenvalue weighted by Crippen LogP contribution is 2.31. The van der Waals surface area contributed by atoms with Crippen LogP contribution < -0.4 is 5.32 Å². The van der Waals surface area contributed by atoms with Gasteiger partial charge in [-0.2, -0.15) is 5.26 Å². The van der Waals surface area contributed by atoms with Gasteiger partial charge in [0.05, 0.1) is 34.1 Å². The van der Waals surface area contributed by atoms with Gasteiger partial charge in [0.2, 0.25) is 5.91 Å². The van der Waals surface area contributed by atoms with E-state index in [0.717, 1.165) is 27.2 Å². The summed E-state index contributed by atoms with van der Waals surface area (Å²) < 4.78 is 1.95. The van der Waals surface area contributed by atoms with Gasteiger partial charge in [0.15, 0.2) is 0 Å². The molecular formula is C17H15N5OS. The average molecular weight is 337 g/mol. The molecule has 24 heavy (non-hydrogen) atoms. The topological polar surface area (TPSA) is 83.6 Å². The summed E-state index contributed by atoms with van der Waals surface area (Å²) in [7, 11) is 1.93. The van der Waals surface area contributed by atoms with E-state index in [9.17, 15) is 10.1 Å². The van der Waals surface area contributed by atoms with Gasteiger partial charge in [0, 0.05) is 31.1 Å². The van der Waals surface area contributed by atoms with Crippen LogP contribution in [-0.4, -0.2) is 26.7 Å². The lowest BCUT2D eigenvalue weighted by atomic mass is 10.1. The average Bonchev–Trinajstić information content (AvgIpc) is 2.90. The Balaban J connectivity index is 2.22. The van der Waals surface area contributed by atoms with Gasteiger partial charge in [-0.15, -0.1) is 11.8 Å². The van der Waals surface area contributed by atoms with Crippen LogP contribution in [0.25, 0.3) is 22.2 Å². The monoisotopic (exact) mass is 337 g/mol. The predicted molar refractivity (Wildman–Crippen MR) is 94.7 cm³/mol. The Bertz CT molecular complexity index is 987. The first-order valence-corrected chi connectivity index (χ1v) is 8.43. The second-order valence-electron chi connectivity index (χ2n) is 5.32. The van der Waals surface area contributed by atoms with E-state index >= 15 is 0 Å². The third-order valence-corrected chi connectivity index (χ3v) is 4.22. The molecule has 0 saturated heterocycles. The van der Waals surface area contributed by atoms with Gasteiger partial charge in [-0.3, -0.25) is 4.79 Å². The number of amides is 1. The molecule has 0 radical (unpaired) electrons. The highest BCUT2D eigenvalue weighted by Gasteiger charge is 2.13. The number of hydrogen-bond donors (Lipinski definition) is 1. The van der Waals surface area contributed by atoms with Crippen molar-refractivity contribution < 1.29 is 4.79 Å². The normalized spacial score (nSPS) is 10.6. The number of thioether (sulfide) groups is 1. The van der Waals surface area contributed by atoms with Crippen LogP contribution in [-0.2, 0) is 11.8 Å². The third kappa shape index (κ3) is 2.96. The van der Waals surface area contributed by atoms with Gasteiger partial charge >= 0.3 is 0 Å². The number of rotatable bonds is 3. The van der Waals surface area contributed by atoms with E-state index in [1.165, 1.54) is 18.7 Å². The van der Waals surface area contributed by atoms with Gasteiger partial charge in [-0.05, 0) is 24.5 Å². The maximum absolute atomic E-state index is 11.3. The Morgan fingerprint density at radius 1 is 1.38 bits per heavy atom. The summed E-state index contributed by atoms with van der Waals surface area (Å²) in [4.78, 5) is 20.1. The van der Waals surface area contributed by atoms with Crippen molar-refractivity contribution in [2.45, 2.75) is 11.9 Å². The predicted octanol–water partition coefficient (Wildman–Crippen LogP) is 3.19. The minimum absolute atomic E-state index is 0.173. The molecule has 3 aromatic heterocycles. The molecule has 120 valence electrons. The first kappa shape index (κ1) is 16.0. The van der Waals surface area contributed by atoms with Gasteiger partial charge in [0.1, 0.15) is 5.82 Å². The maximum atomic E-state index is 11.3.